The number of hydrogen-bond acceptors (Lipinski definition) is 4. The molecule has 0 radical (unpaired) electrons. The van der Waals surface area contributed by atoms with Gasteiger partial charge < -0.3 is 15.1 Å². The van der Waals surface area contributed by atoms with Crippen LogP contribution in [0.5, 0.6) is 0 Å². The third-order valence-electron chi connectivity index (χ3n) is 6.21. The second-order valence-electron chi connectivity index (χ2n) is 8.13. The molecule has 1 aromatic heterocycles. The highest BCUT2D eigenvalue weighted by Crippen LogP contribution is 2.42. The molecule has 1 saturated carbocycles. The van der Waals surface area contributed by atoms with E-state index >= 15 is 0 Å². The predicted molar refractivity (Wildman–Crippen MR) is 131 cm³/mol. The van der Waals surface area contributed by atoms with Crippen LogP contribution in [0.3, 0.4) is 0 Å². The molecule has 5 nitrogen and oxygen atoms in total. The number of guanidine groups is 1. The number of anilines is 1. The molecule has 156 valence electrons. The van der Waals surface area contributed by atoms with Crippen LogP contribution < -0.4 is 10.2 Å². The fraction of sp³-hybridized carbons (Fsp3) is 0.714. The van der Waals surface area contributed by atoms with Crippen molar-refractivity contribution >= 4 is 47.5 Å². The maximum Gasteiger partial charge on any atom is 0.193 e. The van der Waals surface area contributed by atoms with E-state index in [4.69, 9.17) is 0 Å². The first-order valence-electron chi connectivity index (χ1n) is 10.6. The number of rotatable bonds is 3. The van der Waals surface area contributed by atoms with Gasteiger partial charge in [-0.3, -0.25) is 4.99 Å². The number of aliphatic imine (C=N–C) groups is 1. The van der Waals surface area contributed by atoms with Gasteiger partial charge in [0.2, 0.25) is 0 Å². The Morgan fingerprint density at radius 1 is 1.14 bits per heavy atom. The van der Waals surface area contributed by atoms with E-state index in [0.29, 0.717) is 4.75 Å². The lowest BCUT2D eigenvalue weighted by Gasteiger charge is -2.45. The van der Waals surface area contributed by atoms with Crippen LogP contribution in [0.1, 0.15) is 50.5 Å². The van der Waals surface area contributed by atoms with Crippen molar-refractivity contribution in [1.82, 2.24) is 15.2 Å². The summed E-state index contributed by atoms with van der Waals surface area (Å²) in [5.74, 6) is 3.38. The van der Waals surface area contributed by atoms with Gasteiger partial charge >= 0.3 is 0 Å². The maximum absolute atomic E-state index is 4.67. The Balaban J connectivity index is 0.00000225. The monoisotopic (exact) mass is 515 g/mol. The molecule has 0 amide bonds. The summed E-state index contributed by atoms with van der Waals surface area (Å²) in [6, 6.07) is 4.37. The van der Waals surface area contributed by atoms with E-state index in [1.54, 1.807) is 0 Å². The molecule has 3 heterocycles. The van der Waals surface area contributed by atoms with Gasteiger partial charge in [-0.15, -0.1) is 24.0 Å². The van der Waals surface area contributed by atoms with Crippen LogP contribution in [0.4, 0.5) is 5.82 Å². The van der Waals surface area contributed by atoms with Crippen LogP contribution in [0, 0.1) is 0 Å². The minimum absolute atomic E-state index is 0. The zero-order chi connectivity index (χ0) is 18.5. The van der Waals surface area contributed by atoms with Crippen LogP contribution in [-0.2, 0) is 6.54 Å². The van der Waals surface area contributed by atoms with Gasteiger partial charge in [0.1, 0.15) is 5.82 Å². The summed E-state index contributed by atoms with van der Waals surface area (Å²) >= 11 is 2.21. The molecule has 28 heavy (non-hydrogen) atoms. The topological polar surface area (TPSA) is 43.8 Å². The van der Waals surface area contributed by atoms with E-state index < -0.39 is 0 Å². The number of halogens is 1. The fourth-order valence-electron chi connectivity index (χ4n) is 4.69. The van der Waals surface area contributed by atoms with Crippen LogP contribution in [0.2, 0.25) is 0 Å². The number of thioether (sulfide) groups is 1. The summed E-state index contributed by atoms with van der Waals surface area (Å²) in [7, 11) is 1.91. The lowest BCUT2D eigenvalue weighted by atomic mass is 9.87. The van der Waals surface area contributed by atoms with Gasteiger partial charge in [-0.25, -0.2) is 4.98 Å². The fourth-order valence-corrected chi connectivity index (χ4v) is 6.26. The average molecular weight is 516 g/mol. The first-order valence-corrected chi connectivity index (χ1v) is 11.6. The molecule has 2 aliphatic heterocycles. The largest absolute Gasteiger partial charge is 0.357 e. The van der Waals surface area contributed by atoms with Gasteiger partial charge in [0.25, 0.3) is 0 Å². The number of hydrogen-bond donors (Lipinski definition) is 1. The molecule has 1 aromatic rings. The summed E-state index contributed by atoms with van der Waals surface area (Å²) in [6.07, 6.45) is 11.5. The number of aromatic nitrogens is 1. The maximum atomic E-state index is 4.67. The third kappa shape index (κ3) is 5.26. The highest BCUT2D eigenvalue weighted by molar-refractivity contribution is 14.0. The first kappa shape index (κ1) is 22.0. The van der Waals surface area contributed by atoms with Gasteiger partial charge in [-0.1, -0.05) is 25.3 Å². The average Bonchev–Trinajstić information content (AvgIpc) is 3.25. The van der Waals surface area contributed by atoms with Gasteiger partial charge in [0, 0.05) is 56.5 Å². The Kier molecular flexibility index (Phi) is 8.14. The summed E-state index contributed by atoms with van der Waals surface area (Å²) in [6.45, 7) is 5.32. The lowest BCUT2D eigenvalue weighted by molar-refractivity contribution is 0.293. The number of pyridine rings is 1. The van der Waals surface area contributed by atoms with E-state index in [-0.39, 0.29) is 24.0 Å². The zero-order valence-corrected chi connectivity index (χ0v) is 20.2. The van der Waals surface area contributed by atoms with Crippen molar-refractivity contribution in [2.24, 2.45) is 4.99 Å². The summed E-state index contributed by atoms with van der Waals surface area (Å²) in [5.41, 5.74) is 1.22. The van der Waals surface area contributed by atoms with Gasteiger partial charge in [0.15, 0.2) is 5.96 Å². The van der Waals surface area contributed by atoms with Crippen molar-refractivity contribution in [2.45, 2.75) is 56.2 Å². The molecule has 0 atom stereocenters. The van der Waals surface area contributed by atoms with Crippen LogP contribution in [0.25, 0.3) is 0 Å². The van der Waals surface area contributed by atoms with E-state index in [2.05, 4.69) is 49.0 Å². The van der Waals surface area contributed by atoms with Crippen molar-refractivity contribution < 1.29 is 0 Å². The van der Waals surface area contributed by atoms with Gasteiger partial charge in [-0.2, -0.15) is 11.8 Å². The molecule has 0 bridgehead atoms. The molecule has 7 heteroatoms. The molecule has 2 saturated heterocycles. The lowest BCUT2D eigenvalue weighted by Crippen LogP contribution is -2.53. The van der Waals surface area contributed by atoms with Gasteiger partial charge in [0.05, 0.1) is 0 Å². The number of nitrogens with one attached hydrogen (secondary N) is 1. The Bertz CT molecular complexity index is 633. The smallest absolute Gasteiger partial charge is 0.193 e. The Morgan fingerprint density at radius 2 is 1.93 bits per heavy atom. The Hall–Kier alpha value is -0.700. The molecule has 0 aromatic carbocycles. The van der Waals surface area contributed by atoms with E-state index in [9.17, 15) is 0 Å². The molecular weight excluding hydrogens is 481 g/mol. The number of nitrogens with zero attached hydrogens (tertiary/aromatic N) is 4. The van der Waals surface area contributed by atoms with Crippen LogP contribution >= 0.6 is 35.7 Å². The normalized spacial score (nSPS) is 22.2. The SMILES string of the molecule is CN=C(NCc1ccc(N2CCCC2)nc1)N1CCSC2(CCCCC2)C1.I. The minimum Gasteiger partial charge on any atom is -0.357 e. The minimum atomic E-state index is 0. The van der Waals surface area contributed by atoms with Crippen LogP contribution in [-0.4, -0.2) is 59.6 Å². The molecule has 1 spiro atoms. The van der Waals surface area contributed by atoms with E-state index in [0.717, 1.165) is 44.5 Å². The Labute approximate surface area is 191 Å². The second-order valence-corrected chi connectivity index (χ2v) is 9.70. The molecule has 0 unspecified atom stereocenters. The second kappa shape index (κ2) is 10.4. The molecule has 3 fully saturated rings. The third-order valence-corrected chi connectivity index (χ3v) is 7.75. The zero-order valence-electron chi connectivity index (χ0n) is 17.0. The highest BCUT2D eigenvalue weighted by atomic mass is 127. The van der Waals surface area contributed by atoms with Gasteiger partial charge in [-0.05, 0) is 37.3 Å². The molecule has 1 N–H and O–H groups in total. The highest BCUT2D eigenvalue weighted by Gasteiger charge is 2.38. The summed E-state index contributed by atoms with van der Waals surface area (Å²) in [5, 5.41) is 3.58. The van der Waals surface area contributed by atoms with E-state index in [1.165, 1.54) is 56.3 Å². The molecule has 1 aliphatic carbocycles. The Morgan fingerprint density at radius 3 is 2.61 bits per heavy atom. The first-order chi connectivity index (χ1) is 13.3. The van der Waals surface area contributed by atoms with Crippen molar-refractivity contribution in [1.29, 1.82) is 0 Å². The van der Waals surface area contributed by atoms with Crippen molar-refractivity contribution in [2.75, 3.05) is 43.9 Å². The predicted octanol–water partition coefficient (Wildman–Crippen LogP) is 4.13. The molecule has 4 rings (SSSR count). The quantitative estimate of drug-likeness (QED) is 0.373. The summed E-state index contributed by atoms with van der Waals surface area (Å²) in [4.78, 5) is 14.1. The van der Waals surface area contributed by atoms with Crippen molar-refractivity contribution in [3.8, 4) is 0 Å². The van der Waals surface area contributed by atoms with Crippen molar-refractivity contribution in [3.05, 3.63) is 23.9 Å². The van der Waals surface area contributed by atoms with Crippen LogP contribution in [0.15, 0.2) is 23.3 Å². The van der Waals surface area contributed by atoms with Crippen molar-refractivity contribution in [3.63, 3.8) is 0 Å². The van der Waals surface area contributed by atoms with E-state index in [1.807, 2.05) is 13.2 Å². The summed E-state index contributed by atoms with van der Waals surface area (Å²) < 4.78 is 0.465. The molecule has 3 aliphatic rings. The standard InChI is InChI=1S/C21H33N5S.HI/c1-22-20(26-13-14-27-21(17-26)9-3-2-4-10-21)24-16-18-7-8-19(23-15-18)25-11-5-6-12-25;/h7-8,15H,2-6,9-14,16-17H2,1H3,(H,22,24);1H. The molecular formula is C21H34IN5S.